The molecular weight excluding hydrogens is 152 g/mol. The SMILES string of the molecule is Cc1n[nH]c2c1COC(C)(C)C2. The first-order chi connectivity index (χ1) is 5.58. The Morgan fingerprint density at radius 3 is 3.00 bits per heavy atom. The zero-order chi connectivity index (χ0) is 8.77. The van der Waals surface area contributed by atoms with E-state index >= 15 is 0 Å². The Kier molecular flexibility index (Phi) is 1.51. The average Bonchev–Trinajstić information content (AvgIpc) is 2.30. The van der Waals surface area contributed by atoms with E-state index in [1.54, 1.807) is 0 Å². The summed E-state index contributed by atoms with van der Waals surface area (Å²) in [5, 5.41) is 7.21. The van der Waals surface area contributed by atoms with Crippen LogP contribution < -0.4 is 0 Å². The maximum absolute atomic E-state index is 5.67. The van der Waals surface area contributed by atoms with E-state index in [0.717, 1.165) is 12.1 Å². The Hall–Kier alpha value is -0.830. The molecule has 2 rings (SSSR count). The van der Waals surface area contributed by atoms with Crippen LogP contribution in [0.15, 0.2) is 0 Å². The van der Waals surface area contributed by atoms with Gasteiger partial charge in [0.2, 0.25) is 0 Å². The van der Waals surface area contributed by atoms with Crippen molar-refractivity contribution in [1.29, 1.82) is 0 Å². The van der Waals surface area contributed by atoms with Crippen LogP contribution in [0, 0.1) is 6.92 Å². The zero-order valence-corrected chi connectivity index (χ0v) is 7.77. The van der Waals surface area contributed by atoms with Crippen molar-refractivity contribution in [3.63, 3.8) is 0 Å². The number of hydrogen-bond donors (Lipinski definition) is 1. The molecule has 1 N–H and O–H groups in total. The number of hydrogen-bond acceptors (Lipinski definition) is 2. The second-order valence-corrected chi connectivity index (χ2v) is 3.99. The molecule has 0 saturated heterocycles. The van der Waals surface area contributed by atoms with E-state index in [2.05, 4.69) is 24.0 Å². The van der Waals surface area contributed by atoms with Gasteiger partial charge in [-0.2, -0.15) is 5.10 Å². The van der Waals surface area contributed by atoms with Crippen LogP contribution in [-0.2, 0) is 17.8 Å². The Morgan fingerprint density at radius 2 is 2.25 bits per heavy atom. The van der Waals surface area contributed by atoms with E-state index in [1.807, 2.05) is 6.92 Å². The van der Waals surface area contributed by atoms with Crippen LogP contribution in [-0.4, -0.2) is 15.8 Å². The molecule has 12 heavy (non-hydrogen) atoms. The lowest BCUT2D eigenvalue weighted by atomic mass is 9.96. The summed E-state index contributed by atoms with van der Waals surface area (Å²) in [5.41, 5.74) is 3.52. The van der Waals surface area contributed by atoms with Gasteiger partial charge in [0.05, 0.1) is 17.9 Å². The predicted octanol–water partition coefficient (Wildman–Crippen LogP) is 1.57. The number of aryl methyl sites for hydroxylation is 1. The minimum Gasteiger partial charge on any atom is -0.370 e. The Balaban J connectivity index is 2.37. The molecule has 1 aliphatic rings. The highest BCUT2D eigenvalue weighted by atomic mass is 16.5. The molecule has 3 nitrogen and oxygen atoms in total. The van der Waals surface area contributed by atoms with E-state index in [4.69, 9.17) is 4.74 Å². The van der Waals surface area contributed by atoms with E-state index in [1.165, 1.54) is 11.3 Å². The summed E-state index contributed by atoms with van der Waals surface area (Å²) >= 11 is 0. The van der Waals surface area contributed by atoms with E-state index in [-0.39, 0.29) is 5.60 Å². The average molecular weight is 166 g/mol. The fraction of sp³-hybridized carbons (Fsp3) is 0.667. The third-order valence-corrected chi connectivity index (χ3v) is 2.37. The van der Waals surface area contributed by atoms with Crippen LogP contribution in [0.5, 0.6) is 0 Å². The van der Waals surface area contributed by atoms with Gasteiger partial charge in [-0.05, 0) is 20.8 Å². The van der Waals surface area contributed by atoms with Crippen molar-refractivity contribution in [3.05, 3.63) is 17.0 Å². The molecule has 1 aliphatic heterocycles. The maximum Gasteiger partial charge on any atom is 0.0760 e. The molecule has 0 aliphatic carbocycles. The fourth-order valence-corrected chi connectivity index (χ4v) is 1.59. The van der Waals surface area contributed by atoms with Gasteiger partial charge in [-0.25, -0.2) is 0 Å². The molecule has 2 heterocycles. The van der Waals surface area contributed by atoms with Gasteiger partial charge >= 0.3 is 0 Å². The molecule has 0 aromatic carbocycles. The number of aromatic amines is 1. The molecular formula is C9H14N2O. The number of ether oxygens (including phenoxy) is 1. The van der Waals surface area contributed by atoms with Crippen molar-refractivity contribution in [2.45, 2.75) is 39.4 Å². The molecule has 3 heteroatoms. The molecule has 0 bridgehead atoms. The molecule has 66 valence electrons. The van der Waals surface area contributed by atoms with Crippen LogP contribution in [0.3, 0.4) is 0 Å². The second-order valence-electron chi connectivity index (χ2n) is 3.99. The lowest BCUT2D eigenvalue weighted by Crippen LogP contribution is -2.31. The van der Waals surface area contributed by atoms with E-state index in [0.29, 0.717) is 6.61 Å². The van der Waals surface area contributed by atoms with Crippen LogP contribution in [0.4, 0.5) is 0 Å². The number of aromatic nitrogens is 2. The lowest BCUT2D eigenvalue weighted by molar-refractivity contribution is -0.0408. The van der Waals surface area contributed by atoms with Crippen molar-refractivity contribution in [2.24, 2.45) is 0 Å². The summed E-state index contributed by atoms with van der Waals surface area (Å²) < 4.78 is 5.67. The predicted molar refractivity (Wildman–Crippen MR) is 45.9 cm³/mol. The van der Waals surface area contributed by atoms with Gasteiger partial charge in [-0.3, -0.25) is 5.10 Å². The summed E-state index contributed by atoms with van der Waals surface area (Å²) in [4.78, 5) is 0. The third kappa shape index (κ3) is 1.14. The smallest absolute Gasteiger partial charge is 0.0760 e. The molecule has 0 atom stereocenters. The number of H-pyrrole nitrogens is 1. The summed E-state index contributed by atoms with van der Waals surface area (Å²) in [7, 11) is 0. The first kappa shape index (κ1) is 7.80. The Bertz CT molecular complexity index is 301. The standard InChI is InChI=1S/C9H14N2O/c1-6-7-5-12-9(2,3)4-8(7)11-10-6/h4-5H2,1-3H3,(H,10,11). The van der Waals surface area contributed by atoms with Crippen molar-refractivity contribution in [3.8, 4) is 0 Å². The highest BCUT2D eigenvalue weighted by molar-refractivity contribution is 5.26. The number of nitrogens with one attached hydrogen (secondary N) is 1. The summed E-state index contributed by atoms with van der Waals surface area (Å²) in [5.74, 6) is 0. The van der Waals surface area contributed by atoms with E-state index in [9.17, 15) is 0 Å². The first-order valence-corrected chi connectivity index (χ1v) is 4.25. The lowest BCUT2D eigenvalue weighted by Gasteiger charge is -2.29. The molecule has 0 spiro atoms. The highest BCUT2D eigenvalue weighted by Gasteiger charge is 2.28. The molecule has 0 radical (unpaired) electrons. The van der Waals surface area contributed by atoms with Crippen LogP contribution in [0.2, 0.25) is 0 Å². The van der Waals surface area contributed by atoms with Gasteiger partial charge in [0.1, 0.15) is 0 Å². The molecule has 0 amide bonds. The van der Waals surface area contributed by atoms with Crippen molar-refractivity contribution >= 4 is 0 Å². The van der Waals surface area contributed by atoms with Gasteiger partial charge in [-0.15, -0.1) is 0 Å². The molecule has 1 aromatic rings. The van der Waals surface area contributed by atoms with Crippen LogP contribution in [0.25, 0.3) is 0 Å². The van der Waals surface area contributed by atoms with Crippen molar-refractivity contribution in [1.82, 2.24) is 10.2 Å². The molecule has 0 fully saturated rings. The first-order valence-electron chi connectivity index (χ1n) is 4.25. The highest BCUT2D eigenvalue weighted by Crippen LogP contribution is 2.27. The monoisotopic (exact) mass is 166 g/mol. The van der Waals surface area contributed by atoms with Gasteiger partial charge < -0.3 is 4.74 Å². The molecule has 0 saturated carbocycles. The van der Waals surface area contributed by atoms with Crippen molar-refractivity contribution in [2.75, 3.05) is 0 Å². The fourth-order valence-electron chi connectivity index (χ4n) is 1.59. The van der Waals surface area contributed by atoms with E-state index < -0.39 is 0 Å². The quantitative estimate of drug-likeness (QED) is 0.635. The summed E-state index contributed by atoms with van der Waals surface area (Å²) in [6.45, 7) is 6.92. The maximum atomic E-state index is 5.67. The zero-order valence-electron chi connectivity index (χ0n) is 7.77. The van der Waals surface area contributed by atoms with Gasteiger partial charge in [-0.1, -0.05) is 0 Å². The number of nitrogens with zero attached hydrogens (tertiary/aromatic N) is 1. The topological polar surface area (TPSA) is 37.9 Å². The van der Waals surface area contributed by atoms with Crippen molar-refractivity contribution < 1.29 is 4.74 Å². The summed E-state index contributed by atoms with van der Waals surface area (Å²) in [6, 6.07) is 0. The van der Waals surface area contributed by atoms with Gasteiger partial charge in [0.25, 0.3) is 0 Å². The summed E-state index contributed by atoms with van der Waals surface area (Å²) in [6.07, 6.45) is 0.934. The largest absolute Gasteiger partial charge is 0.370 e. The number of fused-ring (bicyclic) bond motifs is 1. The van der Waals surface area contributed by atoms with Gasteiger partial charge in [0.15, 0.2) is 0 Å². The Labute approximate surface area is 72.1 Å². The Morgan fingerprint density at radius 1 is 1.50 bits per heavy atom. The van der Waals surface area contributed by atoms with Crippen LogP contribution in [0.1, 0.15) is 30.8 Å². The number of rotatable bonds is 0. The second kappa shape index (κ2) is 2.33. The van der Waals surface area contributed by atoms with Gasteiger partial charge in [0, 0.05) is 17.7 Å². The molecule has 0 unspecified atom stereocenters. The normalized spacial score (nSPS) is 20.6. The molecule has 1 aromatic heterocycles. The van der Waals surface area contributed by atoms with Crippen LogP contribution >= 0.6 is 0 Å². The minimum absolute atomic E-state index is 0.0357. The minimum atomic E-state index is -0.0357. The third-order valence-electron chi connectivity index (χ3n) is 2.37.